The molecule has 0 aliphatic carbocycles. The number of carbonyl (C=O) groups is 1. The van der Waals surface area contributed by atoms with Crippen molar-refractivity contribution in [3.63, 3.8) is 0 Å². The van der Waals surface area contributed by atoms with E-state index in [2.05, 4.69) is 10.3 Å². The Hall–Kier alpha value is -2.93. The summed E-state index contributed by atoms with van der Waals surface area (Å²) in [6.07, 6.45) is 4.49. The van der Waals surface area contributed by atoms with Gasteiger partial charge < -0.3 is 9.73 Å². The van der Waals surface area contributed by atoms with Crippen molar-refractivity contribution in [1.82, 2.24) is 19.6 Å². The fraction of sp³-hybridized carbons (Fsp3) is 0.235. The molecule has 1 atom stereocenters. The summed E-state index contributed by atoms with van der Waals surface area (Å²) in [6.45, 7) is 0.316. The number of amides is 1. The first-order valence-corrected chi connectivity index (χ1v) is 7.52. The van der Waals surface area contributed by atoms with Crippen molar-refractivity contribution in [1.29, 1.82) is 0 Å². The summed E-state index contributed by atoms with van der Waals surface area (Å²) in [7, 11) is 3.79. The highest BCUT2D eigenvalue weighted by atomic mass is 16.3. The Morgan fingerprint density at radius 2 is 2.17 bits per heavy atom. The second-order valence-corrected chi connectivity index (χ2v) is 5.61. The van der Waals surface area contributed by atoms with Crippen molar-refractivity contribution in [3.05, 3.63) is 70.7 Å². The van der Waals surface area contributed by atoms with E-state index in [0.717, 1.165) is 5.76 Å². The maximum atomic E-state index is 12.4. The molecule has 0 aliphatic heterocycles. The molecular formula is C17H18N4O3. The molecule has 124 valence electrons. The minimum atomic E-state index is -0.454. The smallest absolute Gasteiger partial charge is 0.270 e. The van der Waals surface area contributed by atoms with Gasteiger partial charge in [-0.2, -0.15) is 0 Å². The van der Waals surface area contributed by atoms with Crippen molar-refractivity contribution in [3.8, 4) is 0 Å². The summed E-state index contributed by atoms with van der Waals surface area (Å²) in [6, 6.07) is 8.74. The summed E-state index contributed by atoms with van der Waals surface area (Å²) in [5, 5.41) is 2.78. The van der Waals surface area contributed by atoms with Gasteiger partial charge in [-0.3, -0.25) is 18.9 Å². The predicted octanol–water partition coefficient (Wildman–Crippen LogP) is 1.32. The van der Waals surface area contributed by atoms with Crippen molar-refractivity contribution in [2.75, 3.05) is 20.6 Å². The van der Waals surface area contributed by atoms with Gasteiger partial charge in [0.15, 0.2) is 0 Å². The van der Waals surface area contributed by atoms with Crippen LogP contribution in [0.1, 0.15) is 22.2 Å². The standard InChI is InChI=1S/C17H18N4O3/c1-20(2)13(14-6-5-9-24-14)11-19-16(22)12-10-18-15-7-3-4-8-21(15)17(12)23/h3-10,13H,11H2,1-2H3,(H,19,22). The van der Waals surface area contributed by atoms with Gasteiger partial charge in [0.25, 0.3) is 11.5 Å². The Balaban J connectivity index is 1.80. The summed E-state index contributed by atoms with van der Waals surface area (Å²) >= 11 is 0. The number of furan rings is 1. The molecule has 0 aromatic carbocycles. The number of likely N-dealkylation sites (N-methyl/N-ethyl adjacent to an activating group) is 1. The molecule has 3 rings (SSSR count). The molecule has 0 saturated carbocycles. The van der Waals surface area contributed by atoms with Crippen LogP contribution in [0.5, 0.6) is 0 Å². The van der Waals surface area contributed by atoms with Crippen LogP contribution in [-0.4, -0.2) is 40.8 Å². The number of hydrogen-bond acceptors (Lipinski definition) is 5. The van der Waals surface area contributed by atoms with Gasteiger partial charge >= 0.3 is 0 Å². The molecule has 24 heavy (non-hydrogen) atoms. The molecule has 0 spiro atoms. The first-order valence-electron chi connectivity index (χ1n) is 7.52. The Morgan fingerprint density at radius 1 is 1.33 bits per heavy atom. The zero-order chi connectivity index (χ0) is 17.1. The summed E-state index contributed by atoms with van der Waals surface area (Å²) in [5.41, 5.74) is 0.119. The number of hydrogen-bond donors (Lipinski definition) is 1. The molecule has 0 saturated heterocycles. The molecular weight excluding hydrogens is 308 g/mol. The minimum Gasteiger partial charge on any atom is -0.468 e. The number of rotatable bonds is 5. The highest BCUT2D eigenvalue weighted by Gasteiger charge is 2.19. The van der Waals surface area contributed by atoms with Crippen molar-refractivity contribution in [2.24, 2.45) is 0 Å². The average Bonchev–Trinajstić information content (AvgIpc) is 3.09. The zero-order valence-corrected chi connectivity index (χ0v) is 13.5. The second-order valence-electron chi connectivity index (χ2n) is 5.61. The van der Waals surface area contributed by atoms with Crippen molar-refractivity contribution >= 4 is 11.6 Å². The molecule has 0 radical (unpaired) electrons. The molecule has 7 heteroatoms. The lowest BCUT2D eigenvalue weighted by Crippen LogP contribution is -2.37. The summed E-state index contributed by atoms with van der Waals surface area (Å²) < 4.78 is 6.76. The molecule has 1 N–H and O–H groups in total. The second kappa shape index (κ2) is 6.67. The number of fused-ring (bicyclic) bond motifs is 1. The van der Waals surface area contributed by atoms with E-state index in [-0.39, 0.29) is 11.6 Å². The van der Waals surface area contributed by atoms with Gasteiger partial charge in [0.1, 0.15) is 17.0 Å². The van der Waals surface area contributed by atoms with Crippen LogP contribution in [0.3, 0.4) is 0 Å². The lowest BCUT2D eigenvalue weighted by atomic mass is 10.2. The van der Waals surface area contributed by atoms with Crippen LogP contribution in [0.2, 0.25) is 0 Å². The number of aromatic nitrogens is 2. The molecule has 0 aliphatic rings. The van der Waals surface area contributed by atoms with Crippen LogP contribution in [0.25, 0.3) is 5.65 Å². The van der Waals surface area contributed by atoms with Crippen LogP contribution in [0.4, 0.5) is 0 Å². The Labute approximate surface area is 138 Å². The molecule has 3 aromatic heterocycles. The fourth-order valence-corrected chi connectivity index (χ4v) is 2.49. The molecule has 3 aromatic rings. The van der Waals surface area contributed by atoms with E-state index in [0.29, 0.717) is 12.2 Å². The van der Waals surface area contributed by atoms with Gasteiger partial charge in [-0.05, 0) is 38.4 Å². The third kappa shape index (κ3) is 3.07. The number of carbonyl (C=O) groups excluding carboxylic acids is 1. The molecule has 0 bridgehead atoms. The monoisotopic (exact) mass is 326 g/mol. The first kappa shape index (κ1) is 15.9. The Bertz CT molecular complexity index is 900. The van der Waals surface area contributed by atoms with E-state index in [9.17, 15) is 9.59 Å². The minimum absolute atomic E-state index is 0.00986. The van der Waals surface area contributed by atoms with Gasteiger partial charge in [-0.15, -0.1) is 0 Å². The van der Waals surface area contributed by atoms with Crippen molar-refractivity contribution in [2.45, 2.75) is 6.04 Å². The van der Waals surface area contributed by atoms with E-state index < -0.39 is 11.5 Å². The van der Waals surface area contributed by atoms with Crippen LogP contribution in [-0.2, 0) is 0 Å². The highest BCUT2D eigenvalue weighted by Crippen LogP contribution is 2.17. The summed E-state index contributed by atoms with van der Waals surface area (Å²) in [5.74, 6) is 0.290. The summed E-state index contributed by atoms with van der Waals surface area (Å²) in [4.78, 5) is 30.9. The maximum absolute atomic E-state index is 12.4. The van der Waals surface area contributed by atoms with Crippen LogP contribution >= 0.6 is 0 Å². The molecule has 1 amide bonds. The van der Waals surface area contributed by atoms with Crippen LogP contribution in [0, 0.1) is 0 Å². The van der Waals surface area contributed by atoms with E-state index in [4.69, 9.17) is 4.42 Å². The predicted molar refractivity (Wildman–Crippen MR) is 88.9 cm³/mol. The third-order valence-corrected chi connectivity index (χ3v) is 3.81. The van der Waals surface area contributed by atoms with Gasteiger partial charge in [0.2, 0.25) is 0 Å². The highest BCUT2D eigenvalue weighted by molar-refractivity contribution is 5.93. The van der Waals surface area contributed by atoms with Crippen molar-refractivity contribution < 1.29 is 9.21 Å². The van der Waals surface area contributed by atoms with Gasteiger partial charge in [-0.1, -0.05) is 6.07 Å². The zero-order valence-electron chi connectivity index (χ0n) is 13.5. The Morgan fingerprint density at radius 3 is 2.88 bits per heavy atom. The first-order chi connectivity index (χ1) is 11.6. The van der Waals surface area contributed by atoms with Crippen LogP contribution in [0.15, 0.2) is 58.2 Å². The van der Waals surface area contributed by atoms with E-state index in [1.807, 2.05) is 25.1 Å². The lowest BCUT2D eigenvalue weighted by Gasteiger charge is -2.22. The van der Waals surface area contributed by atoms with Gasteiger partial charge in [0.05, 0.1) is 12.3 Å². The van der Waals surface area contributed by atoms with E-state index in [1.54, 1.807) is 36.7 Å². The largest absolute Gasteiger partial charge is 0.468 e. The average molecular weight is 326 g/mol. The fourth-order valence-electron chi connectivity index (χ4n) is 2.49. The quantitative estimate of drug-likeness (QED) is 0.765. The molecule has 7 nitrogen and oxygen atoms in total. The number of pyridine rings is 1. The van der Waals surface area contributed by atoms with Gasteiger partial charge in [-0.25, -0.2) is 4.98 Å². The topological polar surface area (TPSA) is 79.9 Å². The van der Waals surface area contributed by atoms with Gasteiger partial charge in [0, 0.05) is 18.9 Å². The van der Waals surface area contributed by atoms with E-state index in [1.165, 1.54) is 10.6 Å². The molecule has 3 heterocycles. The molecule has 0 fully saturated rings. The van der Waals surface area contributed by atoms with E-state index >= 15 is 0 Å². The van der Waals surface area contributed by atoms with Crippen LogP contribution < -0.4 is 10.9 Å². The lowest BCUT2D eigenvalue weighted by molar-refractivity contribution is 0.0937. The number of nitrogens with zero attached hydrogens (tertiary/aromatic N) is 3. The molecule has 1 unspecified atom stereocenters. The number of nitrogens with one attached hydrogen (secondary N) is 1. The maximum Gasteiger partial charge on any atom is 0.270 e. The SMILES string of the molecule is CN(C)C(CNC(=O)c1cnc2ccccn2c1=O)c1ccco1. The normalized spacial score (nSPS) is 12.5. The Kier molecular flexibility index (Phi) is 4.43. The third-order valence-electron chi connectivity index (χ3n) is 3.81.